The molecule has 1 aliphatic heterocycles. The summed E-state index contributed by atoms with van der Waals surface area (Å²) >= 11 is 5.69. The van der Waals surface area contributed by atoms with Crippen molar-refractivity contribution in [3.63, 3.8) is 0 Å². The van der Waals surface area contributed by atoms with Gasteiger partial charge < -0.3 is 9.47 Å². The third-order valence-corrected chi connectivity index (χ3v) is 4.71. The first-order chi connectivity index (χ1) is 9.67. The fourth-order valence-electron chi connectivity index (χ4n) is 3.37. The molecule has 0 amide bonds. The Kier molecular flexibility index (Phi) is 4.18. The Morgan fingerprint density at radius 2 is 2.05 bits per heavy atom. The van der Waals surface area contributed by atoms with Crippen LogP contribution in [0.5, 0.6) is 5.75 Å². The van der Waals surface area contributed by atoms with Crippen LogP contribution < -0.4 is 4.74 Å². The van der Waals surface area contributed by atoms with Crippen molar-refractivity contribution in [2.24, 2.45) is 0 Å². The lowest BCUT2D eigenvalue weighted by Crippen LogP contribution is -2.45. The first kappa shape index (κ1) is 14.2. The van der Waals surface area contributed by atoms with E-state index in [0.717, 1.165) is 32.3 Å². The number of hydrogen-bond acceptors (Lipinski definition) is 2. The van der Waals surface area contributed by atoms with Crippen LogP contribution in [0.25, 0.3) is 0 Å². The highest BCUT2D eigenvalue weighted by molar-refractivity contribution is 6.30. The van der Waals surface area contributed by atoms with Crippen molar-refractivity contribution in [2.75, 3.05) is 6.61 Å². The van der Waals surface area contributed by atoms with Crippen LogP contribution in [-0.4, -0.2) is 18.3 Å². The maximum absolute atomic E-state index is 13.4. The van der Waals surface area contributed by atoms with Gasteiger partial charge in [0.2, 0.25) is 0 Å². The van der Waals surface area contributed by atoms with Gasteiger partial charge in [-0.05, 0) is 25.0 Å². The molecular formula is C16H20ClFO2. The van der Waals surface area contributed by atoms with E-state index in [2.05, 4.69) is 0 Å². The Labute approximate surface area is 124 Å². The minimum Gasteiger partial charge on any atom is -0.490 e. The molecule has 20 heavy (non-hydrogen) atoms. The third kappa shape index (κ3) is 3.09. The molecule has 0 aromatic heterocycles. The average Bonchev–Trinajstić information content (AvgIpc) is 2.44. The third-order valence-electron chi connectivity index (χ3n) is 4.41. The number of hydrogen-bond donors (Lipinski definition) is 0. The molecule has 0 bridgehead atoms. The molecule has 3 rings (SSSR count). The zero-order valence-electron chi connectivity index (χ0n) is 11.5. The molecule has 110 valence electrons. The quantitative estimate of drug-likeness (QED) is 0.785. The fourth-order valence-corrected chi connectivity index (χ4v) is 3.49. The van der Waals surface area contributed by atoms with Crippen LogP contribution >= 0.6 is 11.6 Å². The minimum atomic E-state index is -0.427. The van der Waals surface area contributed by atoms with Gasteiger partial charge in [-0.2, -0.15) is 0 Å². The lowest BCUT2D eigenvalue weighted by Gasteiger charge is -2.43. The first-order valence-corrected chi connectivity index (χ1v) is 7.80. The molecule has 1 saturated carbocycles. The fraction of sp³-hybridized carbons (Fsp3) is 0.625. The van der Waals surface area contributed by atoms with Gasteiger partial charge in [0.05, 0.1) is 17.2 Å². The Morgan fingerprint density at radius 3 is 2.80 bits per heavy atom. The van der Waals surface area contributed by atoms with Crippen molar-refractivity contribution in [1.82, 2.24) is 0 Å². The second-order valence-corrected chi connectivity index (χ2v) is 6.31. The van der Waals surface area contributed by atoms with E-state index in [0.29, 0.717) is 5.75 Å². The molecule has 2 nitrogen and oxygen atoms in total. The summed E-state index contributed by atoms with van der Waals surface area (Å²) in [6, 6.07) is 4.64. The summed E-state index contributed by atoms with van der Waals surface area (Å²) in [5.74, 6) is 0.133. The van der Waals surface area contributed by atoms with Gasteiger partial charge in [0.15, 0.2) is 0 Å². The smallest absolute Gasteiger partial charge is 0.145 e. The largest absolute Gasteiger partial charge is 0.490 e. The lowest BCUT2D eigenvalue weighted by molar-refractivity contribution is -0.129. The van der Waals surface area contributed by atoms with Crippen LogP contribution in [0, 0.1) is 5.82 Å². The standard InChI is InChI=1S/C16H20ClFO2/c17-14-5-4-12(10-15(14)18)20-13-6-9-19-16(11-13)7-2-1-3-8-16/h4-5,10,13H,1-3,6-9,11H2. The Morgan fingerprint density at radius 1 is 1.25 bits per heavy atom. The van der Waals surface area contributed by atoms with Crippen LogP contribution in [0.4, 0.5) is 4.39 Å². The van der Waals surface area contributed by atoms with Gasteiger partial charge in [-0.3, -0.25) is 0 Å². The van der Waals surface area contributed by atoms with Crippen LogP contribution in [0.2, 0.25) is 5.02 Å². The summed E-state index contributed by atoms with van der Waals surface area (Å²) in [4.78, 5) is 0. The summed E-state index contributed by atoms with van der Waals surface area (Å²) in [5.41, 5.74) is 0.00609. The Hall–Kier alpha value is -0.800. The molecule has 1 unspecified atom stereocenters. The molecular weight excluding hydrogens is 279 g/mol. The van der Waals surface area contributed by atoms with Crippen LogP contribution in [0.3, 0.4) is 0 Å². The van der Waals surface area contributed by atoms with Crippen molar-refractivity contribution in [3.05, 3.63) is 29.0 Å². The molecule has 1 aliphatic carbocycles. The van der Waals surface area contributed by atoms with Gasteiger partial charge in [-0.15, -0.1) is 0 Å². The van der Waals surface area contributed by atoms with E-state index in [1.165, 1.54) is 25.3 Å². The molecule has 1 atom stereocenters. The van der Waals surface area contributed by atoms with E-state index in [9.17, 15) is 4.39 Å². The molecule has 1 spiro atoms. The normalized spacial score (nSPS) is 25.6. The van der Waals surface area contributed by atoms with Gasteiger partial charge in [0.1, 0.15) is 17.7 Å². The van der Waals surface area contributed by atoms with E-state index >= 15 is 0 Å². The van der Waals surface area contributed by atoms with E-state index in [1.807, 2.05) is 0 Å². The van der Waals surface area contributed by atoms with E-state index in [-0.39, 0.29) is 16.7 Å². The zero-order valence-corrected chi connectivity index (χ0v) is 12.3. The monoisotopic (exact) mass is 298 g/mol. The van der Waals surface area contributed by atoms with E-state index < -0.39 is 5.82 Å². The highest BCUT2D eigenvalue weighted by Gasteiger charge is 2.39. The van der Waals surface area contributed by atoms with Crippen LogP contribution in [-0.2, 0) is 4.74 Å². The van der Waals surface area contributed by atoms with Crippen molar-refractivity contribution >= 4 is 11.6 Å². The summed E-state index contributed by atoms with van der Waals surface area (Å²) in [5, 5.41) is 0.132. The highest BCUT2D eigenvalue weighted by Crippen LogP contribution is 2.39. The molecule has 1 saturated heterocycles. The second kappa shape index (κ2) is 5.90. The first-order valence-electron chi connectivity index (χ1n) is 7.43. The average molecular weight is 299 g/mol. The predicted molar refractivity (Wildman–Crippen MR) is 76.8 cm³/mol. The van der Waals surface area contributed by atoms with Gasteiger partial charge in [0.25, 0.3) is 0 Å². The molecule has 2 aliphatic rings. The molecule has 1 aromatic rings. The number of rotatable bonds is 2. The molecule has 4 heteroatoms. The topological polar surface area (TPSA) is 18.5 Å². The Bertz CT molecular complexity index is 466. The summed E-state index contributed by atoms with van der Waals surface area (Å²) in [7, 11) is 0. The van der Waals surface area contributed by atoms with Crippen molar-refractivity contribution in [3.8, 4) is 5.75 Å². The highest BCUT2D eigenvalue weighted by atomic mass is 35.5. The van der Waals surface area contributed by atoms with Gasteiger partial charge in [0, 0.05) is 18.9 Å². The molecule has 0 N–H and O–H groups in total. The summed E-state index contributed by atoms with van der Waals surface area (Å²) < 4.78 is 25.4. The van der Waals surface area contributed by atoms with Crippen molar-refractivity contribution in [2.45, 2.75) is 56.7 Å². The summed E-state index contributed by atoms with van der Waals surface area (Å²) in [6.07, 6.45) is 7.93. The lowest BCUT2D eigenvalue weighted by atomic mass is 9.79. The van der Waals surface area contributed by atoms with Crippen molar-refractivity contribution < 1.29 is 13.9 Å². The molecule has 0 radical (unpaired) electrons. The van der Waals surface area contributed by atoms with E-state index in [4.69, 9.17) is 21.1 Å². The predicted octanol–water partition coefficient (Wildman–Crippen LogP) is 4.74. The van der Waals surface area contributed by atoms with Gasteiger partial charge in [-0.25, -0.2) is 4.39 Å². The van der Waals surface area contributed by atoms with Crippen molar-refractivity contribution in [1.29, 1.82) is 0 Å². The van der Waals surface area contributed by atoms with Gasteiger partial charge in [-0.1, -0.05) is 30.9 Å². The SMILES string of the molecule is Fc1cc(OC2CCOC3(CCCCC3)C2)ccc1Cl. The maximum Gasteiger partial charge on any atom is 0.145 e. The number of ether oxygens (including phenoxy) is 2. The number of benzene rings is 1. The summed E-state index contributed by atoms with van der Waals surface area (Å²) in [6.45, 7) is 0.737. The van der Waals surface area contributed by atoms with E-state index in [1.54, 1.807) is 12.1 Å². The second-order valence-electron chi connectivity index (χ2n) is 5.90. The maximum atomic E-state index is 13.4. The molecule has 1 heterocycles. The van der Waals surface area contributed by atoms with Crippen LogP contribution in [0.15, 0.2) is 18.2 Å². The Balaban J connectivity index is 1.66. The minimum absolute atomic E-state index is 0.00609. The zero-order chi connectivity index (χ0) is 14.0. The molecule has 2 fully saturated rings. The van der Waals surface area contributed by atoms with Gasteiger partial charge >= 0.3 is 0 Å². The molecule has 1 aromatic carbocycles. The van der Waals surface area contributed by atoms with Crippen LogP contribution in [0.1, 0.15) is 44.9 Å². The number of halogens is 2.